The normalized spacial score (nSPS) is 13.8. The number of amides is 1. The van der Waals surface area contributed by atoms with Crippen LogP contribution in [0.2, 0.25) is 0 Å². The highest BCUT2D eigenvalue weighted by molar-refractivity contribution is 6.04. The van der Waals surface area contributed by atoms with Crippen molar-refractivity contribution in [3.05, 3.63) is 54.1 Å². The number of hydrogen-bond acceptors (Lipinski definition) is 3. The van der Waals surface area contributed by atoms with E-state index in [1.165, 1.54) is 37.4 Å². The molecule has 4 nitrogen and oxygen atoms in total. The van der Waals surface area contributed by atoms with E-state index in [1.807, 2.05) is 0 Å². The molecule has 0 unspecified atom stereocenters. The van der Waals surface area contributed by atoms with Gasteiger partial charge in [0.05, 0.1) is 12.3 Å². The minimum absolute atomic E-state index is 0.320. The molecule has 0 aliphatic heterocycles. The van der Waals surface area contributed by atoms with E-state index < -0.39 is 5.82 Å². The minimum atomic E-state index is -0.418. The number of carbonyl (C=O) groups is 1. The fraction of sp³-hybridized carbons (Fsp3) is 0.250. The predicted molar refractivity (Wildman–Crippen MR) is 76.8 cm³/mol. The number of aromatic nitrogens is 1. The van der Waals surface area contributed by atoms with Crippen molar-refractivity contribution in [3.8, 4) is 5.75 Å². The number of rotatable bonds is 5. The van der Waals surface area contributed by atoms with Crippen LogP contribution < -0.4 is 10.1 Å². The Bertz CT molecular complexity index is 642. The first-order valence-corrected chi connectivity index (χ1v) is 6.86. The third-order valence-electron chi connectivity index (χ3n) is 3.30. The summed E-state index contributed by atoms with van der Waals surface area (Å²) in [6.07, 6.45) is 5.40. The van der Waals surface area contributed by atoms with Gasteiger partial charge in [0.1, 0.15) is 11.6 Å². The number of halogens is 1. The molecule has 1 aromatic heterocycles. The molecule has 1 fully saturated rings. The van der Waals surface area contributed by atoms with E-state index in [9.17, 15) is 9.18 Å². The maximum atomic E-state index is 13.4. The smallest absolute Gasteiger partial charge is 0.255 e. The van der Waals surface area contributed by atoms with Crippen LogP contribution in [0.25, 0.3) is 0 Å². The van der Waals surface area contributed by atoms with Gasteiger partial charge in [0.2, 0.25) is 0 Å². The van der Waals surface area contributed by atoms with Gasteiger partial charge in [0.15, 0.2) is 0 Å². The van der Waals surface area contributed by atoms with E-state index >= 15 is 0 Å². The van der Waals surface area contributed by atoms with Gasteiger partial charge in [-0.15, -0.1) is 0 Å². The molecule has 1 aliphatic carbocycles. The molecule has 5 heteroatoms. The summed E-state index contributed by atoms with van der Waals surface area (Å²) in [5.74, 6) is 0.336. The van der Waals surface area contributed by atoms with Crippen molar-refractivity contribution >= 4 is 11.6 Å². The monoisotopic (exact) mass is 286 g/mol. The van der Waals surface area contributed by atoms with Gasteiger partial charge in [-0.2, -0.15) is 0 Å². The quantitative estimate of drug-likeness (QED) is 0.917. The maximum absolute atomic E-state index is 13.4. The molecule has 2 aromatic rings. The van der Waals surface area contributed by atoms with E-state index in [2.05, 4.69) is 10.3 Å². The summed E-state index contributed by atoms with van der Waals surface area (Å²) in [7, 11) is 0. The van der Waals surface area contributed by atoms with Gasteiger partial charge >= 0.3 is 0 Å². The first-order valence-electron chi connectivity index (χ1n) is 6.86. The standard InChI is InChI=1S/C16H15FN2O2/c17-13-3-4-15(21-10-11-1-2-11)14(9-13)19-16(20)12-5-7-18-8-6-12/h3-9,11H,1-2,10H2,(H,19,20). The van der Waals surface area contributed by atoms with Gasteiger partial charge in [-0.25, -0.2) is 4.39 Å². The third kappa shape index (κ3) is 3.56. The second-order valence-electron chi connectivity index (χ2n) is 5.08. The number of nitrogens with zero attached hydrogens (tertiary/aromatic N) is 1. The fourth-order valence-electron chi connectivity index (χ4n) is 1.92. The lowest BCUT2D eigenvalue weighted by atomic mass is 10.2. The number of pyridine rings is 1. The molecule has 1 aromatic carbocycles. The van der Waals surface area contributed by atoms with Crippen LogP contribution in [-0.2, 0) is 0 Å². The molecule has 1 aliphatic rings. The molecule has 1 N–H and O–H groups in total. The van der Waals surface area contributed by atoms with Gasteiger partial charge in [-0.1, -0.05) is 0 Å². The molecule has 1 heterocycles. The molecule has 0 atom stereocenters. The molecule has 0 spiro atoms. The van der Waals surface area contributed by atoms with Gasteiger partial charge in [0.25, 0.3) is 5.91 Å². The van der Waals surface area contributed by atoms with Gasteiger partial charge in [-0.3, -0.25) is 9.78 Å². The Kier molecular flexibility index (Phi) is 3.81. The summed E-state index contributed by atoms with van der Waals surface area (Å²) in [5.41, 5.74) is 0.805. The first kappa shape index (κ1) is 13.5. The second-order valence-corrected chi connectivity index (χ2v) is 5.08. The van der Waals surface area contributed by atoms with E-state index in [4.69, 9.17) is 4.74 Å². The van der Waals surface area contributed by atoms with Crippen LogP contribution in [0.15, 0.2) is 42.7 Å². The summed E-state index contributed by atoms with van der Waals surface area (Å²) in [4.78, 5) is 16.0. The van der Waals surface area contributed by atoms with Crippen LogP contribution in [-0.4, -0.2) is 17.5 Å². The number of hydrogen-bond donors (Lipinski definition) is 1. The zero-order valence-corrected chi connectivity index (χ0v) is 11.4. The Morgan fingerprint density at radius 3 is 2.76 bits per heavy atom. The lowest BCUT2D eigenvalue weighted by molar-refractivity contribution is 0.102. The molecular formula is C16H15FN2O2. The summed E-state index contributed by atoms with van der Waals surface area (Å²) >= 11 is 0. The third-order valence-corrected chi connectivity index (χ3v) is 3.30. The van der Waals surface area contributed by atoms with Crippen LogP contribution in [0.4, 0.5) is 10.1 Å². The summed E-state index contributed by atoms with van der Waals surface area (Å²) in [6.45, 7) is 0.601. The SMILES string of the molecule is O=C(Nc1cc(F)ccc1OCC1CC1)c1ccncc1. The fourth-order valence-corrected chi connectivity index (χ4v) is 1.92. The van der Waals surface area contributed by atoms with Gasteiger partial charge in [-0.05, 0) is 43.0 Å². The van der Waals surface area contributed by atoms with E-state index in [0.717, 1.165) is 0 Å². The summed E-state index contributed by atoms with van der Waals surface area (Å²) in [6, 6.07) is 7.32. The van der Waals surface area contributed by atoms with E-state index in [0.29, 0.717) is 29.5 Å². The van der Waals surface area contributed by atoms with Crippen molar-refractivity contribution in [2.75, 3.05) is 11.9 Å². The largest absolute Gasteiger partial charge is 0.491 e. The number of nitrogens with one attached hydrogen (secondary N) is 1. The molecule has 3 rings (SSSR count). The lowest BCUT2D eigenvalue weighted by Crippen LogP contribution is -2.13. The number of ether oxygens (including phenoxy) is 1. The number of anilines is 1. The molecule has 108 valence electrons. The zero-order valence-electron chi connectivity index (χ0n) is 11.4. The first-order chi connectivity index (χ1) is 10.2. The van der Waals surface area contributed by atoms with E-state index in [-0.39, 0.29) is 5.91 Å². The van der Waals surface area contributed by atoms with Crippen LogP contribution in [0, 0.1) is 11.7 Å². The second kappa shape index (κ2) is 5.91. The number of benzene rings is 1. The Hall–Kier alpha value is -2.43. The van der Waals surface area contributed by atoms with Gasteiger partial charge < -0.3 is 10.1 Å². The topological polar surface area (TPSA) is 51.2 Å². The van der Waals surface area contributed by atoms with Crippen molar-refractivity contribution < 1.29 is 13.9 Å². The molecule has 1 saturated carbocycles. The Balaban J connectivity index is 1.76. The maximum Gasteiger partial charge on any atom is 0.255 e. The highest BCUT2D eigenvalue weighted by Crippen LogP contribution is 2.32. The average molecular weight is 286 g/mol. The van der Waals surface area contributed by atoms with Crippen LogP contribution in [0.3, 0.4) is 0 Å². The molecule has 0 bridgehead atoms. The van der Waals surface area contributed by atoms with Crippen molar-refractivity contribution in [1.82, 2.24) is 4.98 Å². The minimum Gasteiger partial charge on any atom is -0.491 e. The van der Waals surface area contributed by atoms with Crippen molar-refractivity contribution in [3.63, 3.8) is 0 Å². The molecular weight excluding hydrogens is 271 g/mol. The summed E-state index contributed by atoms with van der Waals surface area (Å²) in [5, 5.41) is 2.68. The lowest BCUT2D eigenvalue weighted by Gasteiger charge is -2.12. The number of carbonyl (C=O) groups excluding carboxylic acids is 1. The van der Waals surface area contributed by atoms with Crippen LogP contribution in [0.5, 0.6) is 5.75 Å². The van der Waals surface area contributed by atoms with Crippen LogP contribution >= 0.6 is 0 Å². The van der Waals surface area contributed by atoms with Crippen molar-refractivity contribution in [1.29, 1.82) is 0 Å². The highest BCUT2D eigenvalue weighted by atomic mass is 19.1. The van der Waals surface area contributed by atoms with E-state index in [1.54, 1.807) is 18.2 Å². The average Bonchev–Trinajstić information content (AvgIpc) is 3.31. The Morgan fingerprint density at radius 2 is 2.05 bits per heavy atom. The zero-order chi connectivity index (χ0) is 14.7. The van der Waals surface area contributed by atoms with Crippen molar-refractivity contribution in [2.45, 2.75) is 12.8 Å². The molecule has 0 radical (unpaired) electrons. The van der Waals surface area contributed by atoms with Crippen molar-refractivity contribution in [2.24, 2.45) is 5.92 Å². The molecule has 21 heavy (non-hydrogen) atoms. The molecule has 0 saturated heterocycles. The summed E-state index contributed by atoms with van der Waals surface area (Å²) < 4.78 is 19.1. The van der Waals surface area contributed by atoms with Crippen LogP contribution in [0.1, 0.15) is 23.2 Å². The molecule has 1 amide bonds. The van der Waals surface area contributed by atoms with Gasteiger partial charge in [0, 0.05) is 24.0 Å². The Labute approximate surface area is 122 Å². The highest BCUT2D eigenvalue weighted by Gasteiger charge is 2.22. The Morgan fingerprint density at radius 1 is 1.29 bits per heavy atom. The predicted octanol–water partition coefficient (Wildman–Crippen LogP) is 3.26.